The minimum atomic E-state index is -4.56. The minimum Gasteiger partial charge on any atom is -0.756 e. The van der Waals surface area contributed by atoms with Gasteiger partial charge in [-0.25, -0.2) is 0 Å². The van der Waals surface area contributed by atoms with Crippen LogP contribution >= 0.6 is 7.82 Å². The topological polar surface area (TPSA) is 108 Å². The number of phosphoric acid groups is 1. The molecular formula is C51H103N2O6P. The highest BCUT2D eigenvalue weighted by Crippen LogP contribution is 2.38. The maximum absolute atomic E-state index is 12.9. The lowest BCUT2D eigenvalue weighted by Gasteiger charge is -2.30. The van der Waals surface area contributed by atoms with Gasteiger partial charge in [-0.2, -0.15) is 0 Å². The average molecular weight is 871 g/mol. The molecule has 0 saturated heterocycles. The molecule has 3 atom stereocenters. The number of quaternary nitrogens is 1. The second-order valence-electron chi connectivity index (χ2n) is 19.2. The molecule has 0 spiro atoms. The Bertz CT molecular complexity index is 989. The molecule has 9 heteroatoms. The molecule has 0 aromatic heterocycles. The fraction of sp³-hybridized carbons (Fsp3) is 0.941. The quantitative estimate of drug-likeness (QED) is 0.0273. The SMILES string of the molecule is CCCCCCCCCCCCCC/C=C\CCCCCCCCCCCCCC(=O)NC(COP(=O)([O-])OCC[N+](C)(C)C)C(O)CCCCCCCCCCCCC. The first kappa shape index (κ1) is 59.2. The van der Waals surface area contributed by atoms with E-state index < -0.39 is 20.0 Å². The Morgan fingerprint density at radius 1 is 0.567 bits per heavy atom. The van der Waals surface area contributed by atoms with Crippen molar-refractivity contribution in [2.24, 2.45) is 0 Å². The average Bonchev–Trinajstić information content (AvgIpc) is 3.20. The Morgan fingerprint density at radius 2 is 0.917 bits per heavy atom. The first-order valence-corrected chi connectivity index (χ1v) is 27.5. The highest BCUT2D eigenvalue weighted by atomic mass is 31.2. The first-order valence-electron chi connectivity index (χ1n) is 26.0. The molecule has 0 radical (unpaired) electrons. The van der Waals surface area contributed by atoms with Gasteiger partial charge < -0.3 is 28.8 Å². The molecule has 3 unspecified atom stereocenters. The van der Waals surface area contributed by atoms with Crippen LogP contribution in [-0.2, 0) is 18.4 Å². The lowest BCUT2D eigenvalue weighted by molar-refractivity contribution is -0.870. The van der Waals surface area contributed by atoms with Crippen molar-refractivity contribution < 1.29 is 32.9 Å². The van der Waals surface area contributed by atoms with E-state index in [-0.39, 0.29) is 19.1 Å². The molecule has 358 valence electrons. The third-order valence-corrected chi connectivity index (χ3v) is 13.0. The number of hydrogen-bond acceptors (Lipinski definition) is 6. The lowest BCUT2D eigenvalue weighted by Crippen LogP contribution is -2.46. The number of nitrogens with zero attached hydrogens (tertiary/aromatic N) is 1. The van der Waals surface area contributed by atoms with E-state index in [0.717, 1.165) is 38.5 Å². The first-order chi connectivity index (χ1) is 29.0. The van der Waals surface area contributed by atoms with E-state index in [1.165, 1.54) is 193 Å². The smallest absolute Gasteiger partial charge is 0.268 e. The van der Waals surface area contributed by atoms with Crippen molar-refractivity contribution in [2.45, 2.75) is 270 Å². The van der Waals surface area contributed by atoms with E-state index in [4.69, 9.17) is 9.05 Å². The predicted molar refractivity (Wildman–Crippen MR) is 256 cm³/mol. The maximum Gasteiger partial charge on any atom is 0.268 e. The number of aliphatic hydroxyl groups excluding tert-OH is 1. The van der Waals surface area contributed by atoms with Crippen LogP contribution < -0.4 is 10.2 Å². The fourth-order valence-corrected chi connectivity index (χ4v) is 8.58. The van der Waals surface area contributed by atoms with Gasteiger partial charge in [0, 0.05) is 6.42 Å². The Morgan fingerprint density at radius 3 is 1.30 bits per heavy atom. The molecule has 0 aromatic carbocycles. The zero-order valence-electron chi connectivity index (χ0n) is 40.7. The number of phosphoric ester groups is 1. The number of nitrogens with one attached hydrogen (secondary N) is 1. The Labute approximate surface area is 373 Å². The Balaban J connectivity index is 4.06. The second kappa shape index (κ2) is 43.5. The van der Waals surface area contributed by atoms with Crippen molar-refractivity contribution in [1.82, 2.24) is 5.32 Å². The number of rotatable bonds is 48. The minimum absolute atomic E-state index is 0.0141. The van der Waals surface area contributed by atoms with E-state index in [9.17, 15) is 19.4 Å². The summed E-state index contributed by atoms with van der Waals surface area (Å²) < 4.78 is 23.3. The van der Waals surface area contributed by atoms with Gasteiger partial charge in [-0.05, 0) is 38.5 Å². The molecule has 0 aliphatic carbocycles. The molecule has 2 N–H and O–H groups in total. The Hall–Kier alpha value is -0.760. The molecule has 0 aliphatic heterocycles. The van der Waals surface area contributed by atoms with Gasteiger partial charge >= 0.3 is 0 Å². The van der Waals surface area contributed by atoms with Crippen molar-refractivity contribution in [3.8, 4) is 0 Å². The number of carbonyl (C=O) groups is 1. The molecule has 0 aliphatic rings. The summed E-state index contributed by atoms with van der Waals surface area (Å²) in [6.07, 6.45) is 51.0. The summed E-state index contributed by atoms with van der Waals surface area (Å²) in [5.74, 6) is -0.164. The molecule has 60 heavy (non-hydrogen) atoms. The number of hydrogen-bond donors (Lipinski definition) is 2. The van der Waals surface area contributed by atoms with E-state index >= 15 is 0 Å². The van der Waals surface area contributed by atoms with Crippen LogP contribution in [0.4, 0.5) is 0 Å². The zero-order chi connectivity index (χ0) is 44.3. The van der Waals surface area contributed by atoms with Crippen LogP contribution in [0.1, 0.15) is 258 Å². The molecule has 0 saturated carbocycles. The summed E-state index contributed by atoms with van der Waals surface area (Å²) in [6, 6.07) is -0.796. The van der Waals surface area contributed by atoms with Crippen LogP contribution in [0.2, 0.25) is 0 Å². The van der Waals surface area contributed by atoms with Crippen molar-refractivity contribution in [1.29, 1.82) is 0 Å². The van der Waals surface area contributed by atoms with Crippen LogP contribution in [0.3, 0.4) is 0 Å². The van der Waals surface area contributed by atoms with Crippen LogP contribution in [0.25, 0.3) is 0 Å². The van der Waals surface area contributed by atoms with Gasteiger partial charge in [0.1, 0.15) is 13.2 Å². The summed E-state index contributed by atoms with van der Waals surface area (Å²) in [5, 5.41) is 13.9. The molecule has 0 fully saturated rings. The zero-order valence-corrected chi connectivity index (χ0v) is 41.6. The van der Waals surface area contributed by atoms with E-state index in [0.29, 0.717) is 23.9 Å². The molecule has 8 nitrogen and oxygen atoms in total. The molecule has 0 aromatic rings. The van der Waals surface area contributed by atoms with E-state index in [2.05, 4.69) is 31.3 Å². The highest BCUT2D eigenvalue weighted by Gasteiger charge is 2.24. The summed E-state index contributed by atoms with van der Waals surface area (Å²) in [7, 11) is 1.31. The molecular weight excluding hydrogens is 768 g/mol. The van der Waals surface area contributed by atoms with Crippen LogP contribution in [0, 0.1) is 0 Å². The third kappa shape index (κ3) is 45.3. The van der Waals surface area contributed by atoms with E-state index in [1.54, 1.807) is 0 Å². The van der Waals surface area contributed by atoms with Crippen molar-refractivity contribution in [3.05, 3.63) is 12.2 Å². The summed E-state index contributed by atoms with van der Waals surface area (Å²) in [5.41, 5.74) is 0. The fourth-order valence-electron chi connectivity index (χ4n) is 7.86. The predicted octanol–water partition coefficient (Wildman–Crippen LogP) is 14.5. The number of amides is 1. The number of aliphatic hydroxyl groups is 1. The van der Waals surface area contributed by atoms with Crippen molar-refractivity contribution in [3.63, 3.8) is 0 Å². The summed E-state index contributed by atoms with van der Waals surface area (Å²) >= 11 is 0. The second-order valence-corrected chi connectivity index (χ2v) is 20.6. The van der Waals surface area contributed by atoms with Gasteiger partial charge in [-0.15, -0.1) is 0 Å². The number of unbranched alkanes of at least 4 members (excludes halogenated alkanes) is 33. The summed E-state index contributed by atoms with van der Waals surface area (Å²) in [6.45, 7) is 4.73. The molecule has 0 rings (SSSR count). The Kier molecular flexibility index (Phi) is 42.9. The number of carbonyl (C=O) groups excluding carboxylic acids is 1. The van der Waals surface area contributed by atoms with Crippen LogP contribution in [0.15, 0.2) is 12.2 Å². The van der Waals surface area contributed by atoms with Crippen LogP contribution in [-0.4, -0.2) is 68.5 Å². The van der Waals surface area contributed by atoms with Crippen molar-refractivity contribution >= 4 is 13.7 Å². The molecule has 0 heterocycles. The number of likely N-dealkylation sites (N-methyl/N-ethyl adjacent to an activating group) is 1. The normalized spacial score (nSPS) is 14.2. The highest BCUT2D eigenvalue weighted by molar-refractivity contribution is 7.45. The van der Waals surface area contributed by atoms with Gasteiger partial charge in [0.05, 0.1) is 39.9 Å². The molecule has 0 bridgehead atoms. The monoisotopic (exact) mass is 871 g/mol. The largest absolute Gasteiger partial charge is 0.756 e. The lowest BCUT2D eigenvalue weighted by atomic mass is 10.0. The van der Waals surface area contributed by atoms with Gasteiger partial charge in [0.2, 0.25) is 5.91 Å². The molecule has 1 amide bonds. The van der Waals surface area contributed by atoms with Gasteiger partial charge in [-0.3, -0.25) is 9.36 Å². The third-order valence-electron chi connectivity index (χ3n) is 12.0. The maximum atomic E-state index is 12.9. The standard InChI is InChI=1S/C51H103N2O6P/c1-6-8-10-12-14-16-18-19-20-21-22-23-24-25-26-27-28-29-30-31-32-33-35-37-39-41-43-45-51(55)52-49(48-59-60(56,57)58-47-46-53(3,4)5)50(54)44-42-40-38-36-34-17-15-13-11-9-7-2/h25-26,49-50,54H,6-24,27-48H2,1-5H3,(H-,52,55,56,57)/b26-25-. The van der Waals surface area contributed by atoms with E-state index in [1.807, 2.05) is 21.1 Å². The van der Waals surface area contributed by atoms with Crippen molar-refractivity contribution in [2.75, 3.05) is 40.9 Å². The number of allylic oxidation sites excluding steroid dienone is 2. The van der Waals surface area contributed by atoms with Gasteiger partial charge in [-0.1, -0.05) is 225 Å². The summed E-state index contributed by atoms with van der Waals surface area (Å²) in [4.78, 5) is 25.4. The van der Waals surface area contributed by atoms with Gasteiger partial charge in [0.15, 0.2) is 0 Å². The van der Waals surface area contributed by atoms with Gasteiger partial charge in [0.25, 0.3) is 7.82 Å². The van der Waals surface area contributed by atoms with Crippen LogP contribution in [0.5, 0.6) is 0 Å².